The molecule has 31 heavy (non-hydrogen) atoms. The summed E-state index contributed by atoms with van der Waals surface area (Å²) in [5.74, 6) is 4.32. The van der Waals surface area contributed by atoms with E-state index in [9.17, 15) is 0 Å². The number of allylic oxidation sites excluding steroid dienone is 1. The fourth-order valence-electron chi connectivity index (χ4n) is 5.49. The second-order valence-corrected chi connectivity index (χ2v) is 9.58. The van der Waals surface area contributed by atoms with E-state index in [1.807, 2.05) is 30.8 Å². The molecular weight excluding hydrogens is 382 g/mol. The minimum absolute atomic E-state index is 0.289. The summed E-state index contributed by atoms with van der Waals surface area (Å²) in [6.45, 7) is 9.16. The third kappa shape index (κ3) is 4.73. The average Bonchev–Trinajstić information content (AvgIpc) is 3.52. The molecule has 0 spiro atoms. The summed E-state index contributed by atoms with van der Waals surface area (Å²) in [6, 6.07) is 11.1. The van der Waals surface area contributed by atoms with Gasteiger partial charge >= 0.3 is 0 Å². The number of methoxy groups -OCH3 is 1. The molecule has 0 radical (unpaired) electrons. The number of aromatic nitrogens is 2. The van der Waals surface area contributed by atoms with E-state index in [2.05, 4.69) is 61.9 Å². The zero-order chi connectivity index (χ0) is 22.0. The lowest BCUT2D eigenvalue weighted by atomic mass is 9.88. The molecule has 0 amide bonds. The zero-order valence-corrected chi connectivity index (χ0v) is 19.4. The quantitative estimate of drug-likeness (QED) is 0.544. The van der Waals surface area contributed by atoms with Crippen LogP contribution >= 0.6 is 0 Å². The Kier molecular flexibility index (Phi) is 6.54. The normalized spacial score (nSPS) is 27.0. The van der Waals surface area contributed by atoms with Gasteiger partial charge in [0, 0.05) is 42.3 Å². The summed E-state index contributed by atoms with van der Waals surface area (Å²) < 4.78 is 5.53. The van der Waals surface area contributed by atoms with Crippen molar-refractivity contribution in [3.8, 4) is 0 Å². The lowest BCUT2D eigenvalue weighted by Crippen LogP contribution is -2.23. The summed E-state index contributed by atoms with van der Waals surface area (Å²) in [5.41, 5.74) is 3.79. The van der Waals surface area contributed by atoms with Gasteiger partial charge in [0.05, 0.1) is 18.9 Å². The van der Waals surface area contributed by atoms with E-state index in [-0.39, 0.29) is 6.04 Å². The Balaban J connectivity index is 1.56. The topological polar surface area (TPSA) is 47.4 Å². The van der Waals surface area contributed by atoms with E-state index in [1.165, 1.54) is 17.0 Å². The second-order valence-electron chi connectivity index (χ2n) is 9.58. The van der Waals surface area contributed by atoms with Crippen molar-refractivity contribution in [1.82, 2.24) is 9.97 Å². The molecule has 3 heterocycles. The highest BCUT2D eigenvalue weighted by Crippen LogP contribution is 2.60. The number of dihydropyridines is 1. The average molecular weight is 418 g/mol. The van der Waals surface area contributed by atoms with Gasteiger partial charge in [-0.15, -0.1) is 0 Å². The van der Waals surface area contributed by atoms with Crippen LogP contribution in [0.2, 0.25) is 0 Å². The van der Waals surface area contributed by atoms with Gasteiger partial charge in [0.25, 0.3) is 0 Å². The first-order valence-electron chi connectivity index (χ1n) is 11.6. The van der Waals surface area contributed by atoms with Gasteiger partial charge in [-0.1, -0.05) is 33.8 Å². The number of hydrogen-bond acceptors (Lipinski definition) is 4. The first-order valence-corrected chi connectivity index (χ1v) is 11.6. The molecule has 4 nitrogen and oxygen atoms in total. The zero-order valence-electron chi connectivity index (χ0n) is 19.4. The Bertz CT molecular complexity index is 937. The molecule has 1 saturated carbocycles. The van der Waals surface area contributed by atoms with Crippen LogP contribution in [-0.2, 0) is 11.2 Å². The van der Waals surface area contributed by atoms with Gasteiger partial charge in [-0.25, -0.2) is 0 Å². The maximum atomic E-state index is 5.53. The highest BCUT2D eigenvalue weighted by Gasteiger charge is 2.56. The SMILES string of the molecule is COC1=CC=NC(C(C)C2C(Cc3ccnc(C(C)C)c3)C2C(C)c2ccccn2)C1. The van der Waals surface area contributed by atoms with Gasteiger partial charge in [0.15, 0.2) is 0 Å². The van der Waals surface area contributed by atoms with Crippen LogP contribution < -0.4 is 0 Å². The van der Waals surface area contributed by atoms with Crippen molar-refractivity contribution in [2.24, 2.45) is 28.7 Å². The molecule has 164 valence electrons. The molecule has 0 bridgehead atoms. The summed E-state index contributed by atoms with van der Waals surface area (Å²) >= 11 is 0. The maximum Gasteiger partial charge on any atom is 0.0992 e. The minimum Gasteiger partial charge on any atom is -0.501 e. The fraction of sp³-hybridized carbons (Fsp3) is 0.519. The Morgan fingerprint density at radius 2 is 1.81 bits per heavy atom. The summed E-state index contributed by atoms with van der Waals surface area (Å²) in [5, 5.41) is 0. The van der Waals surface area contributed by atoms with Crippen LogP contribution in [0.15, 0.2) is 59.6 Å². The van der Waals surface area contributed by atoms with E-state index in [4.69, 9.17) is 9.73 Å². The Morgan fingerprint density at radius 3 is 2.52 bits per heavy atom. The number of rotatable bonds is 8. The molecule has 6 unspecified atom stereocenters. The number of hydrogen-bond donors (Lipinski definition) is 0. The van der Waals surface area contributed by atoms with Crippen molar-refractivity contribution >= 4 is 6.21 Å². The lowest BCUT2D eigenvalue weighted by molar-refractivity contribution is 0.250. The summed E-state index contributed by atoms with van der Waals surface area (Å²) in [4.78, 5) is 14.1. The molecular formula is C27H35N3O. The smallest absolute Gasteiger partial charge is 0.0992 e. The van der Waals surface area contributed by atoms with Crippen LogP contribution in [0.5, 0.6) is 0 Å². The molecule has 1 aliphatic heterocycles. The molecule has 4 heteroatoms. The van der Waals surface area contributed by atoms with Gasteiger partial charge in [-0.05, 0) is 71.9 Å². The van der Waals surface area contributed by atoms with Gasteiger partial charge in [0.2, 0.25) is 0 Å². The Labute approximate surface area is 186 Å². The van der Waals surface area contributed by atoms with E-state index in [1.54, 1.807) is 7.11 Å². The van der Waals surface area contributed by atoms with Gasteiger partial charge < -0.3 is 4.74 Å². The molecule has 1 fully saturated rings. The molecule has 4 rings (SSSR count). The molecule has 2 aliphatic rings. The van der Waals surface area contributed by atoms with Crippen LogP contribution in [-0.4, -0.2) is 29.3 Å². The largest absolute Gasteiger partial charge is 0.501 e. The second kappa shape index (κ2) is 9.33. The first kappa shape index (κ1) is 21.7. The molecule has 2 aromatic rings. The molecule has 0 saturated heterocycles. The van der Waals surface area contributed by atoms with Crippen molar-refractivity contribution in [1.29, 1.82) is 0 Å². The predicted molar refractivity (Wildman–Crippen MR) is 126 cm³/mol. The van der Waals surface area contributed by atoms with Crippen LogP contribution in [0.3, 0.4) is 0 Å². The van der Waals surface area contributed by atoms with E-state index in [0.717, 1.165) is 18.6 Å². The molecule has 1 aliphatic carbocycles. The van der Waals surface area contributed by atoms with Crippen LogP contribution in [0.1, 0.15) is 62.9 Å². The van der Waals surface area contributed by atoms with E-state index in [0.29, 0.717) is 35.5 Å². The highest BCUT2D eigenvalue weighted by atomic mass is 16.5. The molecule has 6 atom stereocenters. The van der Waals surface area contributed by atoms with Gasteiger partial charge in [0.1, 0.15) is 0 Å². The molecule has 2 aromatic heterocycles. The van der Waals surface area contributed by atoms with Crippen molar-refractivity contribution < 1.29 is 4.74 Å². The van der Waals surface area contributed by atoms with Gasteiger partial charge in [-0.2, -0.15) is 0 Å². The Hall–Kier alpha value is -2.49. The summed E-state index contributed by atoms with van der Waals surface area (Å²) in [7, 11) is 1.76. The number of pyridine rings is 2. The monoisotopic (exact) mass is 417 g/mol. The third-order valence-electron chi connectivity index (χ3n) is 7.36. The number of nitrogens with zero attached hydrogens (tertiary/aromatic N) is 3. The molecule has 0 aromatic carbocycles. The predicted octanol–water partition coefficient (Wildman–Crippen LogP) is 5.82. The van der Waals surface area contributed by atoms with Crippen molar-refractivity contribution in [2.75, 3.05) is 7.11 Å². The maximum absolute atomic E-state index is 5.53. The standard InChI is InChI=1S/C27H35N3O/c1-17(2)24-15-20(9-12-29-24)14-22-26(18(3)23-8-6-7-11-28-23)27(22)19(4)25-16-21(31-5)10-13-30-25/h6-13,15,17-19,22,25-27H,14,16H2,1-5H3. The minimum atomic E-state index is 0.289. The summed E-state index contributed by atoms with van der Waals surface area (Å²) in [6.07, 6.45) is 9.81. The number of ether oxygens (including phenoxy) is 1. The van der Waals surface area contributed by atoms with Crippen molar-refractivity contribution in [3.63, 3.8) is 0 Å². The highest BCUT2D eigenvalue weighted by molar-refractivity contribution is 5.73. The van der Waals surface area contributed by atoms with Crippen LogP contribution in [0, 0.1) is 23.7 Å². The lowest BCUT2D eigenvalue weighted by Gasteiger charge is -2.24. The Morgan fingerprint density at radius 1 is 1.00 bits per heavy atom. The van der Waals surface area contributed by atoms with Crippen molar-refractivity contribution in [2.45, 2.75) is 58.4 Å². The number of aliphatic imine (C=N–C) groups is 1. The van der Waals surface area contributed by atoms with Crippen LogP contribution in [0.4, 0.5) is 0 Å². The van der Waals surface area contributed by atoms with E-state index >= 15 is 0 Å². The fourth-order valence-corrected chi connectivity index (χ4v) is 5.49. The first-order chi connectivity index (χ1) is 15.0. The van der Waals surface area contributed by atoms with Crippen LogP contribution in [0.25, 0.3) is 0 Å². The van der Waals surface area contributed by atoms with Gasteiger partial charge in [-0.3, -0.25) is 15.0 Å². The van der Waals surface area contributed by atoms with E-state index < -0.39 is 0 Å². The molecule has 0 N–H and O–H groups in total. The third-order valence-corrected chi connectivity index (χ3v) is 7.36. The van der Waals surface area contributed by atoms with Crippen molar-refractivity contribution in [3.05, 3.63) is 71.5 Å².